The molecule has 3 aromatic rings. The second-order valence-corrected chi connectivity index (χ2v) is 11.7. The molecule has 202 valence electrons. The molecule has 3 aromatic carbocycles. The fraction of sp³-hybridized carbons (Fsp3) is 0.259. The minimum atomic E-state index is -4.22. The molecule has 0 spiro atoms. The highest BCUT2D eigenvalue weighted by molar-refractivity contribution is 7.92. The molecule has 0 aliphatic carbocycles. The maximum absolute atomic E-state index is 13.8. The summed E-state index contributed by atoms with van der Waals surface area (Å²) in [5.74, 6) is -0.944. The van der Waals surface area contributed by atoms with Gasteiger partial charge < -0.3 is 10.2 Å². The number of benzene rings is 3. The molecule has 0 aliphatic heterocycles. The lowest BCUT2D eigenvalue weighted by Gasteiger charge is -2.32. The molecule has 11 heteroatoms. The molecule has 3 rings (SSSR count). The van der Waals surface area contributed by atoms with Gasteiger partial charge >= 0.3 is 0 Å². The van der Waals surface area contributed by atoms with E-state index in [0.717, 1.165) is 16.3 Å². The number of sulfonamides is 1. The van der Waals surface area contributed by atoms with Gasteiger partial charge in [0.1, 0.15) is 12.6 Å². The van der Waals surface area contributed by atoms with Gasteiger partial charge in [0.2, 0.25) is 11.8 Å². The minimum Gasteiger partial charge on any atom is -0.354 e. The number of nitrogens with zero attached hydrogens (tertiary/aromatic N) is 2. The lowest BCUT2D eigenvalue weighted by atomic mass is 10.1. The maximum Gasteiger partial charge on any atom is 0.264 e. The molecule has 0 aliphatic rings. The van der Waals surface area contributed by atoms with Gasteiger partial charge in [-0.05, 0) is 61.4 Å². The fourth-order valence-corrected chi connectivity index (χ4v) is 5.82. The normalized spacial score (nSPS) is 12.0. The quantitative estimate of drug-likeness (QED) is 0.304. The maximum atomic E-state index is 13.8. The molecule has 0 saturated heterocycles. The molecule has 1 N–H and O–H groups in total. The fourth-order valence-electron chi connectivity index (χ4n) is 3.68. The number of anilines is 1. The van der Waals surface area contributed by atoms with Gasteiger partial charge in [-0.15, -0.1) is 0 Å². The van der Waals surface area contributed by atoms with Gasteiger partial charge in [-0.2, -0.15) is 0 Å². The van der Waals surface area contributed by atoms with Gasteiger partial charge in [0, 0.05) is 23.1 Å². The third-order valence-corrected chi connectivity index (χ3v) is 8.33. The molecule has 7 nitrogen and oxygen atoms in total. The van der Waals surface area contributed by atoms with Crippen molar-refractivity contribution in [3.63, 3.8) is 0 Å². The van der Waals surface area contributed by atoms with E-state index in [-0.39, 0.29) is 28.1 Å². The third kappa shape index (κ3) is 7.41. The SMILES string of the molecule is CCCNC(=O)[C@H](C)N(Cc1ccc(Cl)cc1)C(=O)CN(c1ccc(Cl)cc1Cl)S(=O)(=O)c1ccccc1. The first kappa shape index (κ1) is 29.8. The highest BCUT2D eigenvalue weighted by Crippen LogP contribution is 2.33. The second-order valence-electron chi connectivity index (χ2n) is 8.54. The largest absolute Gasteiger partial charge is 0.354 e. The first-order chi connectivity index (χ1) is 18.0. The summed E-state index contributed by atoms with van der Waals surface area (Å²) >= 11 is 18.5. The lowest BCUT2D eigenvalue weighted by molar-refractivity contribution is -0.139. The Hall–Kier alpha value is -2.78. The van der Waals surface area contributed by atoms with E-state index >= 15 is 0 Å². The zero-order valence-electron chi connectivity index (χ0n) is 20.9. The van der Waals surface area contributed by atoms with Gasteiger partial charge in [-0.3, -0.25) is 13.9 Å². The number of carbonyl (C=O) groups excluding carboxylic acids is 2. The Morgan fingerprint density at radius 3 is 2.16 bits per heavy atom. The molecule has 0 heterocycles. The second kappa shape index (κ2) is 13.3. The van der Waals surface area contributed by atoms with Crippen molar-refractivity contribution in [3.05, 3.63) is 93.4 Å². The Labute approximate surface area is 238 Å². The molecular weight excluding hydrogens is 569 g/mol. The number of amides is 2. The first-order valence-corrected chi connectivity index (χ1v) is 14.5. The monoisotopic (exact) mass is 595 g/mol. The van der Waals surface area contributed by atoms with Crippen molar-refractivity contribution in [2.24, 2.45) is 0 Å². The molecule has 0 unspecified atom stereocenters. The van der Waals surface area contributed by atoms with Crippen LogP contribution in [0.5, 0.6) is 0 Å². The number of halogens is 3. The predicted octanol–water partition coefficient (Wildman–Crippen LogP) is 5.79. The summed E-state index contributed by atoms with van der Waals surface area (Å²) < 4.78 is 28.4. The van der Waals surface area contributed by atoms with Crippen LogP contribution < -0.4 is 9.62 Å². The van der Waals surface area contributed by atoms with E-state index in [1.165, 1.54) is 35.2 Å². The molecule has 0 aromatic heterocycles. The van der Waals surface area contributed by atoms with Crippen molar-refractivity contribution in [3.8, 4) is 0 Å². The Kier molecular flexibility index (Phi) is 10.4. The summed E-state index contributed by atoms with van der Waals surface area (Å²) in [4.78, 5) is 28.0. The zero-order chi connectivity index (χ0) is 27.9. The minimum absolute atomic E-state index is 0.0168. The molecule has 0 saturated carbocycles. The van der Waals surface area contributed by atoms with Crippen LogP contribution in [0.15, 0.2) is 77.7 Å². The predicted molar refractivity (Wildman–Crippen MR) is 152 cm³/mol. The summed E-state index contributed by atoms with van der Waals surface area (Å²) in [7, 11) is -4.22. The average Bonchev–Trinajstić information content (AvgIpc) is 2.90. The van der Waals surface area contributed by atoms with Crippen molar-refractivity contribution in [1.29, 1.82) is 0 Å². The van der Waals surface area contributed by atoms with E-state index in [2.05, 4.69) is 5.32 Å². The Morgan fingerprint density at radius 2 is 1.55 bits per heavy atom. The molecule has 1 atom stereocenters. The average molecular weight is 597 g/mol. The van der Waals surface area contributed by atoms with Crippen LogP contribution >= 0.6 is 34.8 Å². The number of rotatable bonds is 11. The van der Waals surface area contributed by atoms with Crippen LogP contribution in [-0.4, -0.2) is 44.3 Å². The van der Waals surface area contributed by atoms with Crippen molar-refractivity contribution in [2.45, 2.75) is 37.8 Å². The Morgan fingerprint density at radius 1 is 0.921 bits per heavy atom. The van der Waals surface area contributed by atoms with Crippen LogP contribution in [0.4, 0.5) is 5.69 Å². The van der Waals surface area contributed by atoms with E-state index in [4.69, 9.17) is 34.8 Å². The van der Waals surface area contributed by atoms with Crippen LogP contribution in [-0.2, 0) is 26.2 Å². The van der Waals surface area contributed by atoms with Gasteiger partial charge in [-0.1, -0.05) is 72.1 Å². The van der Waals surface area contributed by atoms with Crippen molar-refractivity contribution >= 4 is 62.3 Å². The molecule has 38 heavy (non-hydrogen) atoms. The smallest absolute Gasteiger partial charge is 0.264 e. The molecule has 0 bridgehead atoms. The Balaban J connectivity index is 2.03. The van der Waals surface area contributed by atoms with Crippen LogP contribution in [0.1, 0.15) is 25.8 Å². The standard InChI is InChI=1S/C27H28Cl3N3O4S/c1-3-15-31-27(35)19(2)32(17-20-9-11-21(28)12-10-20)26(34)18-33(25-14-13-22(29)16-24(25)30)38(36,37)23-7-5-4-6-8-23/h4-14,16,19H,3,15,17-18H2,1-2H3,(H,31,35)/t19-/m0/s1. The van der Waals surface area contributed by atoms with Crippen LogP contribution in [0.25, 0.3) is 0 Å². The summed E-state index contributed by atoms with van der Waals surface area (Å²) in [5.41, 5.74) is 0.808. The number of hydrogen-bond donors (Lipinski definition) is 1. The highest BCUT2D eigenvalue weighted by Gasteiger charge is 2.33. The highest BCUT2D eigenvalue weighted by atomic mass is 35.5. The molecular formula is C27H28Cl3N3O4S. The number of hydrogen-bond acceptors (Lipinski definition) is 4. The van der Waals surface area contributed by atoms with E-state index in [0.29, 0.717) is 16.6 Å². The molecule has 2 amide bonds. The summed E-state index contributed by atoms with van der Waals surface area (Å²) in [6, 6.07) is 18.0. The van der Waals surface area contributed by atoms with Crippen LogP contribution in [0, 0.1) is 0 Å². The van der Waals surface area contributed by atoms with E-state index in [9.17, 15) is 18.0 Å². The van der Waals surface area contributed by atoms with Crippen molar-refractivity contribution < 1.29 is 18.0 Å². The van der Waals surface area contributed by atoms with Crippen LogP contribution in [0.2, 0.25) is 15.1 Å². The molecule has 0 fully saturated rings. The Bertz CT molecular complexity index is 1370. The zero-order valence-corrected chi connectivity index (χ0v) is 24.0. The van der Waals surface area contributed by atoms with Gasteiger partial charge in [0.15, 0.2) is 0 Å². The number of nitrogens with one attached hydrogen (secondary N) is 1. The number of carbonyl (C=O) groups is 2. The summed E-state index contributed by atoms with van der Waals surface area (Å²) in [6.07, 6.45) is 0.724. The van der Waals surface area contributed by atoms with Crippen molar-refractivity contribution in [1.82, 2.24) is 10.2 Å². The molecule has 0 radical (unpaired) electrons. The van der Waals surface area contributed by atoms with Gasteiger partial charge in [0.05, 0.1) is 15.6 Å². The third-order valence-electron chi connectivity index (χ3n) is 5.77. The van der Waals surface area contributed by atoms with E-state index in [1.54, 1.807) is 49.4 Å². The van der Waals surface area contributed by atoms with Gasteiger partial charge in [-0.25, -0.2) is 8.42 Å². The van der Waals surface area contributed by atoms with Crippen molar-refractivity contribution in [2.75, 3.05) is 17.4 Å². The van der Waals surface area contributed by atoms with E-state index in [1.807, 2.05) is 6.92 Å². The first-order valence-electron chi connectivity index (χ1n) is 11.9. The van der Waals surface area contributed by atoms with Gasteiger partial charge in [0.25, 0.3) is 10.0 Å². The lowest BCUT2D eigenvalue weighted by Crippen LogP contribution is -2.51. The summed E-state index contributed by atoms with van der Waals surface area (Å²) in [5, 5.41) is 3.69. The topological polar surface area (TPSA) is 86.8 Å². The van der Waals surface area contributed by atoms with Crippen LogP contribution in [0.3, 0.4) is 0 Å². The van der Waals surface area contributed by atoms with E-state index < -0.39 is 28.5 Å². The summed E-state index contributed by atoms with van der Waals surface area (Å²) in [6.45, 7) is 3.43.